The molecule has 0 saturated heterocycles. The largest absolute Gasteiger partial charge is 0.493 e. The van der Waals surface area contributed by atoms with E-state index in [1.807, 2.05) is 6.92 Å². The Morgan fingerprint density at radius 2 is 2.05 bits per heavy atom. The van der Waals surface area contributed by atoms with E-state index >= 15 is 0 Å². The lowest BCUT2D eigenvalue weighted by Crippen LogP contribution is -2.07. The second-order valence-corrected chi connectivity index (χ2v) is 5.20. The zero-order chi connectivity index (χ0) is 14.5. The third kappa shape index (κ3) is 3.18. The molecule has 0 radical (unpaired) electrons. The SMILES string of the molecule is CCOc1c(C)cc(C)cc1C(CC)Cc1cn[nH]n1. The molecule has 4 nitrogen and oxygen atoms in total. The van der Waals surface area contributed by atoms with E-state index in [-0.39, 0.29) is 0 Å². The topological polar surface area (TPSA) is 50.8 Å². The predicted molar refractivity (Wildman–Crippen MR) is 80.2 cm³/mol. The molecule has 0 aliphatic heterocycles. The molecule has 4 heteroatoms. The van der Waals surface area contributed by atoms with Gasteiger partial charge in [0, 0.05) is 6.42 Å². The van der Waals surface area contributed by atoms with Crippen molar-refractivity contribution in [3.63, 3.8) is 0 Å². The van der Waals surface area contributed by atoms with Gasteiger partial charge in [-0.05, 0) is 44.2 Å². The molecule has 2 rings (SSSR count). The Morgan fingerprint density at radius 3 is 2.65 bits per heavy atom. The summed E-state index contributed by atoms with van der Waals surface area (Å²) in [6, 6.07) is 4.42. The molecule has 0 spiro atoms. The minimum absolute atomic E-state index is 0.403. The van der Waals surface area contributed by atoms with E-state index < -0.39 is 0 Å². The highest BCUT2D eigenvalue weighted by atomic mass is 16.5. The minimum atomic E-state index is 0.403. The van der Waals surface area contributed by atoms with Crippen LogP contribution >= 0.6 is 0 Å². The van der Waals surface area contributed by atoms with Crippen LogP contribution in [0.3, 0.4) is 0 Å². The molecule has 1 atom stereocenters. The molecule has 1 aromatic heterocycles. The lowest BCUT2D eigenvalue weighted by Gasteiger charge is -2.21. The number of aromatic amines is 1. The number of aromatic nitrogens is 3. The maximum atomic E-state index is 5.88. The number of rotatable bonds is 6. The van der Waals surface area contributed by atoms with Crippen LogP contribution in [0.15, 0.2) is 18.3 Å². The van der Waals surface area contributed by atoms with Gasteiger partial charge in [0.05, 0.1) is 18.5 Å². The average molecular weight is 273 g/mol. The van der Waals surface area contributed by atoms with Crippen molar-refractivity contribution >= 4 is 0 Å². The first kappa shape index (κ1) is 14.6. The molecule has 0 bridgehead atoms. The van der Waals surface area contributed by atoms with Gasteiger partial charge in [-0.25, -0.2) is 0 Å². The first-order valence-electron chi connectivity index (χ1n) is 7.24. The molecule has 1 aromatic carbocycles. The number of H-pyrrole nitrogens is 1. The molecular formula is C16H23N3O. The highest BCUT2D eigenvalue weighted by Gasteiger charge is 2.18. The molecule has 0 amide bonds. The maximum absolute atomic E-state index is 5.88. The molecule has 2 aromatic rings. The fourth-order valence-electron chi connectivity index (χ4n) is 2.68. The van der Waals surface area contributed by atoms with E-state index in [9.17, 15) is 0 Å². The summed E-state index contributed by atoms with van der Waals surface area (Å²) in [6.45, 7) is 9.18. The number of hydrogen-bond acceptors (Lipinski definition) is 3. The lowest BCUT2D eigenvalue weighted by molar-refractivity contribution is 0.331. The molecule has 0 fully saturated rings. The van der Waals surface area contributed by atoms with Gasteiger partial charge in [0.1, 0.15) is 5.75 Å². The van der Waals surface area contributed by atoms with Crippen molar-refractivity contribution in [1.82, 2.24) is 15.4 Å². The normalized spacial score (nSPS) is 12.4. The number of nitrogens with zero attached hydrogens (tertiary/aromatic N) is 2. The van der Waals surface area contributed by atoms with Gasteiger partial charge < -0.3 is 4.74 Å². The highest BCUT2D eigenvalue weighted by molar-refractivity contribution is 5.46. The Morgan fingerprint density at radius 1 is 1.25 bits per heavy atom. The van der Waals surface area contributed by atoms with Crippen LogP contribution in [0.4, 0.5) is 0 Å². The zero-order valence-corrected chi connectivity index (χ0v) is 12.7. The molecular weight excluding hydrogens is 250 g/mol. The van der Waals surface area contributed by atoms with Crippen LogP contribution in [-0.2, 0) is 6.42 Å². The zero-order valence-electron chi connectivity index (χ0n) is 12.7. The molecule has 108 valence electrons. The fourth-order valence-corrected chi connectivity index (χ4v) is 2.68. The van der Waals surface area contributed by atoms with Gasteiger partial charge in [-0.15, -0.1) is 0 Å². The minimum Gasteiger partial charge on any atom is -0.493 e. The van der Waals surface area contributed by atoms with E-state index in [0.717, 1.165) is 24.3 Å². The van der Waals surface area contributed by atoms with E-state index in [2.05, 4.69) is 48.3 Å². The quantitative estimate of drug-likeness (QED) is 0.875. The van der Waals surface area contributed by atoms with Crippen molar-refractivity contribution in [2.45, 2.75) is 46.5 Å². The van der Waals surface area contributed by atoms with Crippen molar-refractivity contribution < 1.29 is 4.74 Å². The van der Waals surface area contributed by atoms with Gasteiger partial charge in [0.2, 0.25) is 0 Å². The van der Waals surface area contributed by atoms with Crippen LogP contribution in [0.1, 0.15) is 48.6 Å². The van der Waals surface area contributed by atoms with Crippen LogP contribution in [-0.4, -0.2) is 22.0 Å². The van der Waals surface area contributed by atoms with Gasteiger partial charge in [0.15, 0.2) is 0 Å². The number of ether oxygens (including phenoxy) is 1. The van der Waals surface area contributed by atoms with Crippen molar-refractivity contribution in [3.8, 4) is 5.75 Å². The van der Waals surface area contributed by atoms with Gasteiger partial charge in [0.25, 0.3) is 0 Å². The summed E-state index contributed by atoms with van der Waals surface area (Å²) in [5.41, 5.74) is 4.77. The summed E-state index contributed by atoms with van der Waals surface area (Å²) in [4.78, 5) is 0. The predicted octanol–water partition coefficient (Wildman–Crippen LogP) is 3.56. The summed E-state index contributed by atoms with van der Waals surface area (Å²) in [5, 5.41) is 10.7. The molecule has 1 heterocycles. The Balaban J connectivity index is 2.36. The summed E-state index contributed by atoms with van der Waals surface area (Å²) in [5.74, 6) is 1.44. The smallest absolute Gasteiger partial charge is 0.125 e. The third-order valence-corrected chi connectivity index (χ3v) is 3.59. The highest BCUT2D eigenvalue weighted by Crippen LogP contribution is 2.35. The Kier molecular flexibility index (Phi) is 4.77. The van der Waals surface area contributed by atoms with Crippen molar-refractivity contribution in [2.75, 3.05) is 6.61 Å². The van der Waals surface area contributed by atoms with E-state index in [0.29, 0.717) is 12.5 Å². The molecule has 0 aliphatic carbocycles. The van der Waals surface area contributed by atoms with E-state index in [1.165, 1.54) is 16.7 Å². The second kappa shape index (κ2) is 6.55. The molecule has 20 heavy (non-hydrogen) atoms. The van der Waals surface area contributed by atoms with Crippen LogP contribution < -0.4 is 4.74 Å². The van der Waals surface area contributed by atoms with Gasteiger partial charge in [-0.2, -0.15) is 15.4 Å². The van der Waals surface area contributed by atoms with Gasteiger partial charge in [-0.3, -0.25) is 0 Å². The van der Waals surface area contributed by atoms with Crippen molar-refractivity contribution in [2.24, 2.45) is 0 Å². The average Bonchev–Trinajstić information content (AvgIpc) is 2.92. The van der Waals surface area contributed by atoms with E-state index in [1.54, 1.807) is 6.20 Å². The third-order valence-electron chi connectivity index (χ3n) is 3.59. The summed E-state index contributed by atoms with van der Waals surface area (Å²) in [7, 11) is 0. The first-order valence-corrected chi connectivity index (χ1v) is 7.24. The molecule has 0 aliphatic rings. The standard InChI is InChI=1S/C16H23N3O/c1-5-13(9-14-10-17-19-18-14)15-8-11(3)7-12(4)16(15)20-6-2/h7-8,10,13H,5-6,9H2,1-4H3,(H,17,18,19). The maximum Gasteiger partial charge on any atom is 0.125 e. The fraction of sp³-hybridized carbons (Fsp3) is 0.500. The second-order valence-electron chi connectivity index (χ2n) is 5.20. The van der Waals surface area contributed by atoms with Gasteiger partial charge in [-0.1, -0.05) is 24.6 Å². The number of aryl methyl sites for hydroxylation is 2. The van der Waals surface area contributed by atoms with Crippen molar-refractivity contribution in [3.05, 3.63) is 40.7 Å². The van der Waals surface area contributed by atoms with Gasteiger partial charge >= 0.3 is 0 Å². The Hall–Kier alpha value is -1.84. The first-order chi connectivity index (χ1) is 9.65. The van der Waals surface area contributed by atoms with E-state index in [4.69, 9.17) is 4.74 Å². The van der Waals surface area contributed by atoms with Crippen LogP contribution in [0, 0.1) is 13.8 Å². The molecule has 1 unspecified atom stereocenters. The monoisotopic (exact) mass is 273 g/mol. The summed E-state index contributed by atoms with van der Waals surface area (Å²) < 4.78 is 5.88. The van der Waals surface area contributed by atoms with Crippen LogP contribution in [0.25, 0.3) is 0 Å². The Labute approximate surface area is 120 Å². The summed E-state index contributed by atoms with van der Waals surface area (Å²) in [6.07, 6.45) is 3.73. The molecule has 1 N–H and O–H groups in total. The van der Waals surface area contributed by atoms with Crippen molar-refractivity contribution in [1.29, 1.82) is 0 Å². The lowest BCUT2D eigenvalue weighted by atomic mass is 9.89. The number of hydrogen-bond donors (Lipinski definition) is 1. The number of nitrogens with one attached hydrogen (secondary N) is 1. The molecule has 0 saturated carbocycles. The van der Waals surface area contributed by atoms with Crippen LogP contribution in [0.2, 0.25) is 0 Å². The van der Waals surface area contributed by atoms with Crippen LogP contribution in [0.5, 0.6) is 5.75 Å². The Bertz CT molecular complexity index is 549. The number of benzene rings is 1. The summed E-state index contributed by atoms with van der Waals surface area (Å²) >= 11 is 0.